The van der Waals surface area contributed by atoms with Crippen molar-refractivity contribution in [1.82, 2.24) is 14.1 Å². The van der Waals surface area contributed by atoms with E-state index in [0.29, 0.717) is 21.8 Å². The van der Waals surface area contributed by atoms with E-state index in [0.717, 1.165) is 21.9 Å². The summed E-state index contributed by atoms with van der Waals surface area (Å²) in [4.78, 5) is 42.8. The Morgan fingerprint density at radius 3 is 2.56 bits per heavy atom. The van der Waals surface area contributed by atoms with Gasteiger partial charge in [0.25, 0.3) is 5.56 Å². The van der Waals surface area contributed by atoms with Crippen molar-refractivity contribution < 1.29 is 13.2 Å². The molecule has 0 saturated heterocycles. The summed E-state index contributed by atoms with van der Waals surface area (Å²) in [6.45, 7) is 2.15. The molecule has 0 aliphatic carbocycles. The van der Waals surface area contributed by atoms with Gasteiger partial charge in [-0.2, -0.15) is 11.3 Å². The highest BCUT2D eigenvalue weighted by atomic mass is 32.2. The van der Waals surface area contributed by atoms with Gasteiger partial charge in [0, 0.05) is 28.9 Å². The molecule has 1 aromatic carbocycles. The van der Waals surface area contributed by atoms with Crippen molar-refractivity contribution in [1.29, 1.82) is 0 Å². The molecule has 174 valence electrons. The normalized spacial score (nSPS) is 12.1. The fraction of sp³-hybridized carbons (Fsp3) is 0.174. The van der Waals surface area contributed by atoms with E-state index >= 15 is 0 Å². The molecule has 5 aromatic rings. The molecule has 34 heavy (non-hydrogen) atoms. The van der Waals surface area contributed by atoms with Crippen LogP contribution in [0.3, 0.4) is 0 Å². The Morgan fingerprint density at radius 1 is 1.06 bits per heavy atom. The van der Waals surface area contributed by atoms with E-state index in [1.54, 1.807) is 21.4 Å². The Kier molecular flexibility index (Phi) is 5.42. The predicted octanol–water partition coefficient (Wildman–Crippen LogP) is 3.34. The van der Waals surface area contributed by atoms with Gasteiger partial charge in [-0.25, -0.2) is 17.8 Å². The summed E-state index contributed by atoms with van der Waals surface area (Å²) in [6.07, 6.45) is 0.983. The van der Waals surface area contributed by atoms with E-state index in [-0.39, 0.29) is 17.9 Å². The van der Waals surface area contributed by atoms with Crippen LogP contribution in [0.1, 0.15) is 21.6 Å². The molecule has 8 nitrogen and oxygen atoms in total. The van der Waals surface area contributed by atoms with Gasteiger partial charge in [-0.05, 0) is 41.4 Å². The first-order valence-electron chi connectivity index (χ1n) is 10.2. The molecule has 4 heterocycles. The van der Waals surface area contributed by atoms with Crippen LogP contribution in [-0.4, -0.2) is 40.3 Å². The first-order valence-corrected chi connectivity index (χ1v) is 14.1. The molecule has 11 heteroatoms. The highest BCUT2D eigenvalue weighted by molar-refractivity contribution is 7.91. The molecule has 5 rings (SSSR count). The summed E-state index contributed by atoms with van der Waals surface area (Å²) in [5.74, 6) is -1.43. The molecule has 0 saturated carbocycles. The monoisotopic (exact) mass is 513 g/mol. The summed E-state index contributed by atoms with van der Waals surface area (Å²) in [5.41, 5.74) is 1.67. The third-order valence-electron chi connectivity index (χ3n) is 5.53. The van der Waals surface area contributed by atoms with Crippen LogP contribution in [0.15, 0.2) is 55.4 Å². The lowest BCUT2D eigenvalue weighted by Gasteiger charge is -2.11. The second-order valence-electron chi connectivity index (χ2n) is 8.20. The van der Waals surface area contributed by atoms with Gasteiger partial charge in [-0.3, -0.25) is 9.59 Å². The minimum atomic E-state index is -3.67. The van der Waals surface area contributed by atoms with Crippen molar-refractivity contribution in [3.8, 4) is 5.69 Å². The second-order valence-corrected chi connectivity index (χ2v) is 11.9. The number of hydrogen-bond donors (Lipinski definition) is 1. The summed E-state index contributed by atoms with van der Waals surface area (Å²) in [7, 11) is -3.67. The minimum absolute atomic E-state index is 0.0133. The number of aromatic nitrogens is 3. The van der Waals surface area contributed by atoms with Crippen LogP contribution in [0.4, 0.5) is 0 Å². The molecule has 1 N–H and O–H groups in total. The highest BCUT2D eigenvalue weighted by Gasteiger charge is 2.28. The standard InChI is InChI=1S/C23H19N3O5S3/c1-13-3-4-18-15(7-13)20(26-22(28)16-10-33-11-17(16)24-23(26)29)21(19(27)12-34(2,30)31)25(18)8-14-5-6-32-9-14/h3-7,9-11H,8,12H2,1-2H3,(H,24,29). The highest BCUT2D eigenvalue weighted by Crippen LogP contribution is 2.31. The zero-order valence-electron chi connectivity index (χ0n) is 18.2. The van der Waals surface area contributed by atoms with Crippen LogP contribution < -0.4 is 11.2 Å². The maximum absolute atomic E-state index is 13.5. The number of fused-ring (bicyclic) bond motifs is 2. The maximum Gasteiger partial charge on any atom is 0.333 e. The first kappa shape index (κ1) is 22.5. The van der Waals surface area contributed by atoms with E-state index in [1.807, 2.05) is 35.9 Å². The number of nitrogens with zero attached hydrogens (tertiary/aromatic N) is 2. The number of rotatable bonds is 6. The third kappa shape index (κ3) is 3.85. The molecular weight excluding hydrogens is 494 g/mol. The van der Waals surface area contributed by atoms with Gasteiger partial charge in [0.2, 0.25) is 0 Å². The van der Waals surface area contributed by atoms with Gasteiger partial charge >= 0.3 is 5.69 Å². The number of sulfone groups is 1. The fourth-order valence-electron chi connectivity index (χ4n) is 4.14. The molecule has 0 atom stereocenters. The quantitative estimate of drug-likeness (QED) is 0.350. The number of Topliss-reactive ketones (excluding diaryl/α,β-unsaturated/α-hetero) is 1. The first-order chi connectivity index (χ1) is 16.1. The molecule has 0 bridgehead atoms. The molecule has 0 spiro atoms. The van der Waals surface area contributed by atoms with Crippen molar-refractivity contribution in [3.63, 3.8) is 0 Å². The molecule has 0 radical (unpaired) electrons. The number of aromatic amines is 1. The zero-order chi connectivity index (χ0) is 24.2. The molecule has 4 aromatic heterocycles. The molecule has 0 unspecified atom stereocenters. The van der Waals surface area contributed by atoms with Crippen LogP contribution in [-0.2, 0) is 16.4 Å². The van der Waals surface area contributed by atoms with Gasteiger partial charge in [0.15, 0.2) is 15.6 Å². The Labute approximate surface area is 201 Å². The Morgan fingerprint density at radius 2 is 1.85 bits per heavy atom. The van der Waals surface area contributed by atoms with Gasteiger partial charge in [0.1, 0.15) is 11.4 Å². The van der Waals surface area contributed by atoms with Crippen molar-refractivity contribution in [3.05, 3.63) is 83.4 Å². The van der Waals surface area contributed by atoms with Gasteiger partial charge in [-0.1, -0.05) is 11.6 Å². The number of nitrogens with one attached hydrogen (secondary N) is 1. The van der Waals surface area contributed by atoms with E-state index in [2.05, 4.69) is 4.98 Å². The number of ketones is 1. The Bertz CT molecular complexity index is 1800. The molecule has 0 fully saturated rings. The summed E-state index contributed by atoms with van der Waals surface area (Å²) < 4.78 is 26.8. The molecule has 0 amide bonds. The van der Waals surface area contributed by atoms with Gasteiger partial charge < -0.3 is 9.55 Å². The van der Waals surface area contributed by atoms with Crippen LogP contribution >= 0.6 is 22.7 Å². The van der Waals surface area contributed by atoms with Gasteiger partial charge in [0.05, 0.1) is 22.1 Å². The number of carbonyl (C=O) groups excluding carboxylic acids is 1. The van der Waals surface area contributed by atoms with Crippen LogP contribution in [0, 0.1) is 6.92 Å². The smallest absolute Gasteiger partial charge is 0.332 e. The lowest BCUT2D eigenvalue weighted by atomic mass is 10.1. The lowest BCUT2D eigenvalue weighted by Crippen LogP contribution is -2.34. The number of H-pyrrole nitrogens is 1. The molecule has 0 aliphatic rings. The van der Waals surface area contributed by atoms with E-state index in [1.165, 1.54) is 22.7 Å². The third-order valence-corrected chi connectivity index (χ3v) is 7.80. The second kappa shape index (κ2) is 8.19. The van der Waals surface area contributed by atoms with Crippen molar-refractivity contribution in [2.75, 3.05) is 12.0 Å². The number of thiophene rings is 2. The maximum atomic E-state index is 13.5. The number of carbonyl (C=O) groups is 1. The lowest BCUT2D eigenvalue weighted by molar-refractivity contribution is 0.101. The van der Waals surface area contributed by atoms with Gasteiger partial charge in [-0.15, -0.1) is 11.3 Å². The van der Waals surface area contributed by atoms with Crippen molar-refractivity contribution in [2.45, 2.75) is 13.5 Å². The van der Waals surface area contributed by atoms with Crippen LogP contribution in [0.2, 0.25) is 0 Å². The number of hydrogen-bond acceptors (Lipinski definition) is 7. The van der Waals surface area contributed by atoms with E-state index in [4.69, 9.17) is 0 Å². The predicted molar refractivity (Wildman–Crippen MR) is 136 cm³/mol. The van der Waals surface area contributed by atoms with Crippen molar-refractivity contribution >= 4 is 60.1 Å². The SMILES string of the molecule is Cc1ccc2c(c1)c(-n1c(=O)[nH]c3cscc3c1=O)c(C(=O)CS(C)(=O)=O)n2Cc1ccsc1. The van der Waals surface area contributed by atoms with Crippen LogP contribution in [0.5, 0.6) is 0 Å². The fourth-order valence-corrected chi connectivity index (χ4v) is 6.17. The minimum Gasteiger partial charge on any atom is -0.332 e. The summed E-state index contributed by atoms with van der Waals surface area (Å²) >= 11 is 2.78. The molecular formula is C23H19N3O5S3. The number of aryl methyl sites for hydroxylation is 1. The van der Waals surface area contributed by atoms with Crippen molar-refractivity contribution in [2.24, 2.45) is 0 Å². The van der Waals surface area contributed by atoms with E-state index in [9.17, 15) is 22.8 Å². The summed E-state index contributed by atoms with van der Waals surface area (Å²) in [6, 6.07) is 7.40. The summed E-state index contributed by atoms with van der Waals surface area (Å²) in [5, 5.41) is 7.98. The topological polar surface area (TPSA) is 111 Å². The average molecular weight is 514 g/mol. The molecule has 0 aliphatic heterocycles. The van der Waals surface area contributed by atoms with E-state index < -0.39 is 32.6 Å². The largest absolute Gasteiger partial charge is 0.333 e. The average Bonchev–Trinajstić information content (AvgIpc) is 3.47. The zero-order valence-corrected chi connectivity index (χ0v) is 20.6. The Balaban J connectivity index is 1.94. The van der Waals surface area contributed by atoms with Crippen LogP contribution in [0.25, 0.3) is 27.5 Å². The number of benzene rings is 1. The Hall–Kier alpha value is -3.28.